The normalized spacial score (nSPS) is 20.9. The Labute approximate surface area is 161 Å². The van der Waals surface area contributed by atoms with Crippen LogP contribution in [-0.4, -0.2) is 42.5 Å². The average molecular weight is 388 g/mol. The molecule has 27 heavy (non-hydrogen) atoms. The molecule has 8 heteroatoms. The maximum Gasteiger partial charge on any atom is 0.229 e. The second-order valence-corrected chi connectivity index (χ2v) is 7.81. The fraction of sp³-hybridized carbons (Fsp3) is 0.421. The molecule has 142 valence electrons. The summed E-state index contributed by atoms with van der Waals surface area (Å²) >= 11 is 1.40. The number of piperidine rings is 1. The summed E-state index contributed by atoms with van der Waals surface area (Å²) in [4.78, 5) is 32.5. The van der Waals surface area contributed by atoms with E-state index in [0.717, 1.165) is 12.8 Å². The third-order valence-electron chi connectivity index (χ3n) is 5.18. The van der Waals surface area contributed by atoms with Crippen LogP contribution in [0.25, 0.3) is 0 Å². The van der Waals surface area contributed by atoms with Crippen molar-refractivity contribution in [3.05, 3.63) is 41.7 Å². The number of anilines is 2. The molecule has 2 aliphatic heterocycles. The van der Waals surface area contributed by atoms with Crippen molar-refractivity contribution < 1.29 is 14.0 Å². The number of amides is 2. The van der Waals surface area contributed by atoms with Crippen molar-refractivity contribution in [1.82, 2.24) is 10.3 Å². The number of carbonyl (C=O) groups excluding carboxylic acids is 2. The number of para-hydroxylation sites is 1. The van der Waals surface area contributed by atoms with Crippen molar-refractivity contribution in [3.63, 3.8) is 0 Å². The van der Waals surface area contributed by atoms with Crippen molar-refractivity contribution in [3.8, 4) is 0 Å². The standard InChI is InChI=1S/C19H21FN4O2S/c20-15-3-1-2-4-16(15)23-8-5-14(6-9-23)22-18(26)13-11-17(25)24(12-13)19-21-7-10-27-19/h1-4,7,10,13-14H,5-6,8-9,11-12H2,(H,22,26). The SMILES string of the molecule is O=C(NC1CCN(c2ccccc2F)CC1)C1CC(=O)N(c2nccs2)C1. The Hall–Kier alpha value is -2.48. The van der Waals surface area contributed by atoms with Crippen LogP contribution >= 0.6 is 11.3 Å². The summed E-state index contributed by atoms with van der Waals surface area (Å²) in [5, 5.41) is 5.54. The van der Waals surface area contributed by atoms with Crippen LogP contribution in [0.15, 0.2) is 35.8 Å². The lowest BCUT2D eigenvalue weighted by Crippen LogP contribution is -2.47. The maximum atomic E-state index is 13.9. The molecular weight excluding hydrogens is 367 g/mol. The molecule has 0 saturated carbocycles. The molecule has 1 N–H and O–H groups in total. The van der Waals surface area contributed by atoms with Crippen LogP contribution in [-0.2, 0) is 9.59 Å². The minimum atomic E-state index is -0.342. The first-order chi connectivity index (χ1) is 13.1. The van der Waals surface area contributed by atoms with Crippen LogP contribution in [0.5, 0.6) is 0 Å². The predicted molar refractivity (Wildman–Crippen MR) is 102 cm³/mol. The molecule has 4 rings (SSSR count). The topological polar surface area (TPSA) is 65.5 Å². The van der Waals surface area contributed by atoms with E-state index in [2.05, 4.69) is 10.3 Å². The Kier molecular flexibility index (Phi) is 5.07. The molecule has 2 aliphatic rings. The molecule has 1 aromatic carbocycles. The van der Waals surface area contributed by atoms with Gasteiger partial charge in [-0.2, -0.15) is 0 Å². The zero-order chi connectivity index (χ0) is 18.8. The smallest absolute Gasteiger partial charge is 0.229 e. The van der Waals surface area contributed by atoms with E-state index in [4.69, 9.17) is 0 Å². The molecule has 2 amide bonds. The van der Waals surface area contributed by atoms with E-state index < -0.39 is 0 Å². The van der Waals surface area contributed by atoms with Gasteiger partial charge in [0.15, 0.2) is 5.13 Å². The van der Waals surface area contributed by atoms with Gasteiger partial charge in [-0.05, 0) is 25.0 Å². The van der Waals surface area contributed by atoms with Crippen molar-refractivity contribution >= 4 is 34.0 Å². The first-order valence-electron chi connectivity index (χ1n) is 9.11. The molecule has 1 atom stereocenters. The van der Waals surface area contributed by atoms with Gasteiger partial charge < -0.3 is 10.2 Å². The van der Waals surface area contributed by atoms with Crippen molar-refractivity contribution in [1.29, 1.82) is 0 Å². The van der Waals surface area contributed by atoms with Gasteiger partial charge in [0.05, 0.1) is 11.6 Å². The first kappa shape index (κ1) is 17.9. The third-order valence-corrected chi connectivity index (χ3v) is 5.97. The Balaban J connectivity index is 1.30. The van der Waals surface area contributed by atoms with Crippen LogP contribution in [0.4, 0.5) is 15.2 Å². The fourth-order valence-electron chi connectivity index (χ4n) is 3.71. The lowest BCUT2D eigenvalue weighted by Gasteiger charge is -2.34. The van der Waals surface area contributed by atoms with Crippen LogP contribution in [0.1, 0.15) is 19.3 Å². The molecule has 2 fully saturated rings. The third kappa shape index (κ3) is 3.80. The highest BCUT2D eigenvalue weighted by atomic mass is 32.1. The Morgan fingerprint density at radius 1 is 1.26 bits per heavy atom. The summed E-state index contributed by atoms with van der Waals surface area (Å²) in [5.41, 5.74) is 0.614. The highest BCUT2D eigenvalue weighted by Crippen LogP contribution is 2.27. The first-order valence-corrected chi connectivity index (χ1v) is 9.99. The van der Waals surface area contributed by atoms with E-state index in [1.165, 1.54) is 17.4 Å². The number of hydrogen-bond acceptors (Lipinski definition) is 5. The highest BCUT2D eigenvalue weighted by molar-refractivity contribution is 7.13. The summed E-state index contributed by atoms with van der Waals surface area (Å²) in [6.07, 6.45) is 3.40. The monoisotopic (exact) mass is 388 g/mol. The van der Waals surface area contributed by atoms with Gasteiger partial charge in [0.1, 0.15) is 5.82 Å². The number of hydrogen-bond donors (Lipinski definition) is 1. The molecule has 0 aliphatic carbocycles. The van der Waals surface area contributed by atoms with E-state index in [1.807, 2.05) is 16.3 Å². The number of halogens is 1. The Bertz CT molecular complexity index is 821. The molecule has 1 unspecified atom stereocenters. The van der Waals surface area contributed by atoms with E-state index in [0.29, 0.717) is 30.5 Å². The van der Waals surface area contributed by atoms with Crippen LogP contribution in [0, 0.1) is 11.7 Å². The van der Waals surface area contributed by atoms with Gasteiger partial charge in [0, 0.05) is 43.7 Å². The summed E-state index contributed by atoms with van der Waals surface area (Å²) in [5.74, 6) is -0.691. The minimum absolute atomic E-state index is 0.0560. The minimum Gasteiger partial charge on any atom is -0.369 e. The van der Waals surface area contributed by atoms with E-state index in [1.54, 1.807) is 23.2 Å². The number of benzene rings is 1. The molecule has 6 nitrogen and oxygen atoms in total. The van der Waals surface area contributed by atoms with Gasteiger partial charge in [0.25, 0.3) is 0 Å². The van der Waals surface area contributed by atoms with Gasteiger partial charge in [-0.3, -0.25) is 14.5 Å². The predicted octanol–water partition coefficient (Wildman–Crippen LogP) is 2.42. The number of thiazole rings is 1. The molecule has 2 aromatic rings. The zero-order valence-electron chi connectivity index (χ0n) is 14.8. The van der Waals surface area contributed by atoms with Crippen molar-refractivity contribution in [2.75, 3.05) is 29.4 Å². The van der Waals surface area contributed by atoms with Gasteiger partial charge in [0.2, 0.25) is 11.8 Å². The number of nitrogens with zero attached hydrogens (tertiary/aromatic N) is 3. The number of aromatic nitrogens is 1. The summed E-state index contributed by atoms with van der Waals surface area (Å²) in [6, 6.07) is 6.83. The van der Waals surface area contributed by atoms with E-state index in [9.17, 15) is 14.0 Å². The summed E-state index contributed by atoms with van der Waals surface area (Å²) in [7, 11) is 0. The molecule has 1 aromatic heterocycles. The number of carbonyl (C=O) groups is 2. The number of rotatable bonds is 4. The quantitative estimate of drug-likeness (QED) is 0.874. The molecular formula is C19H21FN4O2S. The van der Waals surface area contributed by atoms with Crippen LogP contribution in [0.3, 0.4) is 0 Å². The van der Waals surface area contributed by atoms with Crippen molar-refractivity contribution in [2.45, 2.75) is 25.3 Å². The van der Waals surface area contributed by atoms with Gasteiger partial charge in [-0.25, -0.2) is 9.37 Å². The lowest BCUT2D eigenvalue weighted by molar-refractivity contribution is -0.127. The van der Waals surface area contributed by atoms with Crippen LogP contribution in [0.2, 0.25) is 0 Å². The second kappa shape index (κ2) is 7.64. The van der Waals surface area contributed by atoms with E-state index in [-0.39, 0.29) is 36.0 Å². The summed E-state index contributed by atoms with van der Waals surface area (Å²) in [6.45, 7) is 1.77. The molecule has 3 heterocycles. The Morgan fingerprint density at radius 2 is 2.04 bits per heavy atom. The Morgan fingerprint density at radius 3 is 2.74 bits per heavy atom. The van der Waals surface area contributed by atoms with Crippen molar-refractivity contribution in [2.24, 2.45) is 5.92 Å². The molecule has 0 spiro atoms. The summed E-state index contributed by atoms with van der Waals surface area (Å²) < 4.78 is 13.9. The largest absolute Gasteiger partial charge is 0.369 e. The van der Waals surface area contributed by atoms with Gasteiger partial charge >= 0.3 is 0 Å². The fourth-order valence-corrected chi connectivity index (χ4v) is 4.38. The average Bonchev–Trinajstić information content (AvgIpc) is 3.32. The van der Waals surface area contributed by atoms with Gasteiger partial charge in [-0.1, -0.05) is 12.1 Å². The van der Waals surface area contributed by atoms with E-state index >= 15 is 0 Å². The molecule has 0 bridgehead atoms. The van der Waals surface area contributed by atoms with Crippen LogP contribution < -0.4 is 15.1 Å². The molecule has 2 saturated heterocycles. The highest BCUT2D eigenvalue weighted by Gasteiger charge is 2.37. The second-order valence-electron chi connectivity index (χ2n) is 6.94. The number of nitrogens with one attached hydrogen (secondary N) is 1. The van der Waals surface area contributed by atoms with Gasteiger partial charge in [-0.15, -0.1) is 11.3 Å². The lowest BCUT2D eigenvalue weighted by atomic mass is 10.0. The maximum absolute atomic E-state index is 13.9. The molecule has 0 radical (unpaired) electrons. The zero-order valence-corrected chi connectivity index (χ0v) is 15.6.